The molecular formula is C11H18IN3O2. The first-order valence-electron chi connectivity index (χ1n) is 5.75. The zero-order chi connectivity index (χ0) is 12.8. The highest BCUT2D eigenvalue weighted by molar-refractivity contribution is 14.1. The van der Waals surface area contributed by atoms with Gasteiger partial charge in [0.25, 0.3) is 5.56 Å². The summed E-state index contributed by atoms with van der Waals surface area (Å²) in [5.41, 5.74) is -0.167. The van der Waals surface area contributed by atoms with E-state index in [1.165, 1.54) is 6.33 Å². The fourth-order valence-corrected chi connectivity index (χ4v) is 2.19. The van der Waals surface area contributed by atoms with Gasteiger partial charge in [0.2, 0.25) is 0 Å². The summed E-state index contributed by atoms with van der Waals surface area (Å²) in [4.78, 5) is 17.9. The Bertz CT molecular complexity index is 404. The summed E-state index contributed by atoms with van der Waals surface area (Å²) >= 11 is 1.94. The second-order valence-electron chi connectivity index (χ2n) is 3.92. The molecule has 0 fully saturated rings. The number of H-pyrrole nitrogens is 1. The Morgan fingerprint density at radius 1 is 1.53 bits per heavy atom. The zero-order valence-electron chi connectivity index (χ0n) is 10.0. The molecule has 0 amide bonds. The Morgan fingerprint density at radius 2 is 2.18 bits per heavy atom. The number of anilines is 1. The molecule has 1 atom stereocenters. The van der Waals surface area contributed by atoms with E-state index < -0.39 is 6.10 Å². The molecule has 0 saturated carbocycles. The molecule has 0 aliphatic rings. The summed E-state index contributed by atoms with van der Waals surface area (Å²) in [7, 11) is 0. The van der Waals surface area contributed by atoms with Gasteiger partial charge >= 0.3 is 0 Å². The minimum Gasteiger partial charge on any atom is -0.391 e. The molecule has 1 aromatic rings. The van der Waals surface area contributed by atoms with Gasteiger partial charge in [0.05, 0.1) is 12.4 Å². The molecule has 96 valence electrons. The van der Waals surface area contributed by atoms with E-state index in [2.05, 4.69) is 29.1 Å². The Hall–Kier alpha value is -0.630. The van der Waals surface area contributed by atoms with Crippen LogP contribution in [0.15, 0.2) is 11.1 Å². The van der Waals surface area contributed by atoms with Crippen LogP contribution >= 0.6 is 22.6 Å². The normalized spacial score (nSPS) is 12.8. The van der Waals surface area contributed by atoms with Crippen molar-refractivity contribution in [1.82, 2.24) is 9.97 Å². The van der Waals surface area contributed by atoms with E-state index in [0.29, 0.717) is 15.9 Å². The molecular weight excluding hydrogens is 333 g/mol. The third-order valence-corrected chi connectivity index (χ3v) is 3.87. The van der Waals surface area contributed by atoms with Gasteiger partial charge in [0.15, 0.2) is 0 Å². The number of aromatic amines is 1. The average Bonchev–Trinajstić information content (AvgIpc) is 2.32. The number of nitrogens with one attached hydrogen (secondary N) is 2. The Morgan fingerprint density at radius 3 is 2.76 bits per heavy atom. The lowest BCUT2D eigenvalue weighted by Gasteiger charge is -2.20. The van der Waals surface area contributed by atoms with Crippen molar-refractivity contribution in [1.29, 1.82) is 0 Å². The lowest BCUT2D eigenvalue weighted by molar-refractivity contribution is 0.114. The molecule has 5 nitrogen and oxygen atoms in total. The van der Waals surface area contributed by atoms with E-state index in [1.54, 1.807) is 0 Å². The van der Waals surface area contributed by atoms with Crippen molar-refractivity contribution in [3.05, 3.63) is 20.3 Å². The minimum atomic E-state index is -0.415. The second kappa shape index (κ2) is 6.95. The molecule has 6 heteroatoms. The number of halogens is 1. The lowest BCUT2D eigenvalue weighted by atomic mass is 9.97. The first-order valence-corrected chi connectivity index (χ1v) is 6.83. The third kappa shape index (κ3) is 3.95. The standard InChI is InChI=1S/C11H18IN3O2/c1-3-7(4-2)8(16)5-13-10-9(12)11(17)15-6-14-10/h6-8,16H,3-5H2,1-2H3,(H2,13,14,15,17). The predicted octanol–water partition coefficient (Wildman–Crippen LogP) is 1.58. The topological polar surface area (TPSA) is 78.0 Å². The highest BCUT2D eigenvalue weighted by Crippen LogP contribution is 2.14. The summed E-state index contributed by atoms with van der Waals surface area (Å²) in [6.07, 6.45) is 2.83. The van der Waals surface area contributed by atoms with E-state index in [-0.39, 0.29) is 11.5 Å². The lowest BCUT2D eigenvalue weighted by Crippen LogP contribution is -2.29. The van der Waals surface area contributed by atoms with Crippen molar-refractivity contribution in [2.24, 2.45) is 5.92 Å². The van der Waals surface area contributed by atoms with Gasteiger partial charge in [-0.3, -0.25) is 4.79 Å². The number of aromatic nitrogens is 2. The SMILES string of the molecule is CCC(CC)C(O)CNc1nc[nH]c(=O)c1I. The zero-order valence-corrected chi connectivity index (χ0v) is 12.2. The molecule has 0 aliphatic carbocycles. The van der Waals surface area contributed by atoms with Crippen molar-refractivity contribution >= 4 is 28.4 Å². The maximum absolute atomic E-state index is 11.3. The molecule has 1 aromatic heterocycles. The summed E-state index contributed by atoms with van der Waals surface area (Å²) in [5.74, 6) is 0.807. The molecule has 0 radical (unpaired) electrons. The highest BCUT2D eigenvalue weighted by Gasteiger charge is 2.16. The quantitative estimate of drug-likeness (QED) is 0.680. The molecule has 0 aliphatic heterocycles. The van der Waals surface area contributed by atoms with Crippen LogP contribution in [0.3, 0.4) is 0 Å². The summed E-state index contributed by atoms with van der Waals surface area (Å²) < 4.78 is 0.516. The predicted molar refractivity (Wildman–Crippen MR) is 76.1 cm³/mol. The molecule has 1 rings (SSSR count). The number of nitrogens with zero attached hydrogens (tertiary/aromatic N) is 1. The summed E-state index contributed by atoms with van der Waals surface area (Å²) in [5, 5.41) is 13.0. The van der Waals surface area contributed by atoms with Crippen LogP contribution in [0.2, 0.25) is 0 Å². The first kappa shape index (κ1) is 14.4. The maximum Gasteiger partial charge on any atom is 0.266 e. The van der Waals surface area contributed by atoms with Crippen LogP contribution in [-0.4, -0.2) is 27.7 Å². The Labute approximate surface area is 114 Å². The number of aliphatic hydroxyl groups excluding tert-OH is 1. The van der Waals surface area contributed by atoms with Gasteiger partial charge in [0.1, 0.15) is 9.39 Å². The molecule has 0 spiro atoms. The van der Waals surface area contributed by atoms with E-state index >= 15 is 0 Å². The van der Waals surface area contributed by atoms with Crippen LogP contribution in [0.1, 0.15) is 26.7 Å². The van der Waals surface area contributed by atoms with Crippen LogP contribution in [0.4, 0.5) is 5.82 Å². The number of hydrogen-bond donors (Lipinski definition) is 3. The molecule has 1 heterocycles. The van der Waals surface area contributed by atoms with Crippen molar-refractivity contribution in [3.8, 4) is 0 Å². The van der Waals surface area contributed by atoms with E-state index in [1.807, 2.05) is 22.6 Å². The maximum atomic E-state index is 11.3. The summed E-state index contributed by atoms with van der Waals surface area (Å²) in [6.45, 7) is 4.54. The van der Waals surface area contributed by atoms with Gasteiger partial charge in [-0.25, -0.2) is 4.98 Å². The van der Waals surface area contributed by atoms with Crippen molar-refractivity contribution in [2.45, 2.75) is 32.8 Å². The van der Waals surface area contributed by atoms with Crippen molar-refractivity contribution < 1.29 is 5.11 Å². The third-order valence-electron chi connectivity index (χ3n) is 2.87. The van der Waals surface area contributed by atoms with Crippen LogP contribution in [0.25, 0.3) is 0 Å². The van der Waals surface area contributed by atoms with Crippen LogP contribution in [-0.2, 0) is 0 Å². The molecule has 0 saturated heterocycles. The van der Waals surface area contributed by atoms with Gasteiger partial charge in [-0.05, 0) is 28.5 Å². The minimum absolute atomic E-state index is 0.167. The van der Waals surface area contributed by atoms with E-state index in [4.69, 9.17) is 0 Å². The Balaban J connectivity index is 2.61. The van der Waals surface area contributed by atoms with Gasteiger partial charge in [0, 0.05) is 6.54 Å². The fraction of sp³-hybridized carbons (Fsp3) is 0.636. The Kier molecular flexibility index (Phi) is 5.90. The molecule has 17 heavy (non-hydrogen) atoms. The van der Waals surface area contributed by atoms with E-state index in [0.717, 1.165) is 12.8 Å². The van der Waals surface area contributed by atoms with Crippen molar-refractivity contribution in [3.63, 3.8) is 0 Å². The highest BCUT2D eigenvalue weighted by atomic mass is 127. The van der Waals surface area contributed by atoms with Gasteiger partial charge in [-0.2, -0.15) is 0 Å². The van der Waals surface area contributed by atoms with Crippen LogP contribution < -0.4 is 10.9 Å². The molecule has 1 unspecified atom stereocenters. The van der Waals surface area contributed by atoms with Gasteiger partial charge in [-0.1, -0.05) is 26.7 Å². The monoisotopic (exact) mass is 351 g/mol. The number of aliphatic hydroxyl groups is 1. The largest absolute Gasteiger partial charge is 0.391 e. The smallest absolute Gasteiger partial charge is 0.266 e. The number of hydrogen-bond acceptors (Lipinski definition) is 4. The first-order chi connectivity index (χ1) is 8.10. The van der Waals surface area contributed by atoms with Gasteiger partial charge < -0.3 is 15.4 Å². The average molecular weight is 351 g/mol. The van der Waals surface area contributed by atoms with Crippen LogP contribution in [0.5, 0.6) is 0 Å². The van der Waals surface area contributed by atoms with Crippen molar-refractivity contribution in [2.75, 3.05) is 11.9 Å². The van der Waals surface area contributed by atoms with Gasteiger partial charge in [-0.15, -0.1) is 0 Å². The fourth-order valence-electron chi connectivity index (χ4n) is 1.71. The van der Waals surface area contributed by atoms with E-state index in [9.17, 15) is 9.90 Å². The second-order valence-corrected chi connectivity index (χ2v) is 5.00. The molecule has 0 bridgehead atoms. The molecule has 0 aromatic carbocycles. The molecule has 3 N–H and O–H groups in total. The summed E-state index contributed by atoms with van der Waals surface area (Å²) in [6, 6.07) is 0. The van der Waals surface area contributed by atoms with Crippen LogP contribution in [0, 0.1) is 9.49 Å². The number of rotatable bonds is 6.